The molecule has 0 unspecified atom stereocenters. The molecule has 18 heavy (non-hydrogen) atoms. The number of benzene rings is 1. The van der Waals surface area contributed by atoms with E-state index in [4.69, 9.17) is 15.4 Å². The molecule has 1 aromatic carbocycles. The Balaban J connectivity index is 3.22. The van der Waals surface area contributed by atoms with Crippen molar-refractivity contribution in [2.24, 2.45) is 0 Å². The van der Waals surface area contributed by atoms with Crippen LogP contribution in [0, 0.1) is 0 Å². The van der Waals surface area contributed by atoms with Crippen LogP contribution >= 0.6 is 10.7 Å². The molecule has 102 valence electrons. The van der Waals surface area contributed by atoms with Gasteiger partial charge in [-0.2, -0.15) is 0 Å². The van der Waals surface area contributed by atoms with Gasteiger partial charge < -0.3 is 9.47 Å². The van der Waals surface area contributed by atoms with Gasteiger partial charge in [0.1, 0.15) is 16.4 Å². The summed E-state index contributed by atoms with van der Waals surface area (Å²) in [6, 6.07) is 2.63. The van der Waals surface area contributed by atoms with E-state index in [9.17, 15) is 21.6 Å². The molecule has 0 spiro atoms. The molecule has 0 aliphatic heterocycles. The lowest BCUT2D eigenvalue weighted by Gasteiger charge is -2.12. The molecule has 4 nitrogen and oxygen atoms in total. The van der Waals surface area contributed by atoms with Gasteiger partial charge in [-0.25, -0.2) is 8.42 Å². The molecule has 0 saturated heterocycles. The summed E-state index contributed by atoms with van der Waals surface area (Å²) in [6.07, 6.45) is -4.92. The number of halogens is 4. The molecule has 9 heteroatoms. The molecule has 0 aliphatic carbocycles. The van der Waals surface area contributed by atoms with Crippen LogP contribution in [-0.2, 0) is 9.05 Å². The minimum absolute atomic E-state index is 0.137. The van der Waals surface area contributed by atoms with Crippen LogP contribution in [0.5, 0.6) is 11.5 Å². The van der Waals surface area contributed by atoms with Gasteiger partial charge in [-0.05, 0) is 19.1 Å². The van der Waals surface area contributed by atoms with Gasteiger partial charge in [0.15, 0.2) is 0 Å². The van der Waals surface area contributed by atoms with Crippen LogP contribution in [0.3, 0.4) is 0 Å². The Morgan fingerprint density at radius 3 is 2.39 bits per heavy atom. The van der Waals surface area contributed by atoms with Gasteiger partial charge in [-0.15, -0.1) is 13.2 Å². The van der Waals surface area contributed by atoms with Crippen molar-refractivity contribution < 1.29 is 31.1 Å². The minimum atomic E-state index is -4.92. The highest BCUT2D eigenvalue weighted by Crippen LogP contribution is 2.33. The van der Waals surface area contributed by atoms with Gasteiger partial charge >= 0.3 is 6.36 Å². The summed E-state index contributed by atoms with van der Waals surface area (Å²) in [6.45, 7) is 1.73. The van der Waals surface area contributed by atoms with Crippen LogP contribution in [0.4, 0.5) is 13.2 Å². The van der Waals surface area contributed by atoms with E-state index in [-0.39, 0.29) is 12.4 Å². The fourth-order valence-corrected chi connectivity index (χ4v) is 2.14. The predicted octanol–water partition coefficient (Wildman–Crippen LogP) is 2.91. The van der Waals surface area contributed by atoms with Crippen LogP contribution in [0.25, 0.3) is 0 Å². The van der Waals surface area contributed by atoms with E-state index in [1.807, 2.05) is 0 Å². The molecule has 0 fully saturated rings. The van der Waals surface area contributed by atoms with Gasteiger partial charge in [0.25, 0.3) is 9.05 Å². The van der Waals surface area contributed by atoms with Gasteiger partial charge in [0.05, 0.1) is 6.61 Å². The highest BCUT2D eigenvalue weighted by atomic mass is 35.7. The lowest BCUT2D eigenvalue weighted by Crippen LogP contribution is -2.17. The Kier molecular flexibility index (Phi) is 4.33. The molecule has 1 rings (SSSR count). The summed E-state index contributed by atoms with van der Waals surface area (Å²) in [4.78, 5) is -0.576. The maximum Gasteiger partial charge on any atom is 0.573 e. The maximum atomic E-state index is 12.0. The van der Waals surface area contributed by atoms with E-state index in [0.29, 0.717) is 6.07 Å². The van der Waals surface area contributed by atoms with Gasteiger partial charge in [-0.3, -0.25) is 0 Å². The summed E-state index contributed by atoms with van der Waals surface area (Å²) >= 11 is 0. The highest BCUT2D eigenvalue weighted by Gasteiger charge is 2.32. The zero-order valence-electron chi connectivity index (χ0n) is 8.99. The zero-order chi connectivity index (χ0) is 14.0. The van der Waals surface area contributed by atoms with Crippen molar-refractivity contribution in [3.8, 4) is 11.5 Å². The Morgan fingerprint density at radius 1 is 1.33 bits per heavy atom. The van der Waals surface area contributed by atoms with Crippen molar-refractivity contribution >= 4 is 19.7 Å². The monoisotopic (exact) mass is 304 g/mol. The van der Waals surface area contributed by atoms with Crippen molar-refractivity contribution in [1.29, 1.82) is 0 Å². The van der Waals surface area contributed by atoms with Crippen LogP contribution in [-0.4, -0.2) is 21.4 Å². The first-order valence-corrected chi connectivity index (χ1v) is 6.91. The molecule has 0 atom stereocenters. The van der Waals surface area contributed by atoms with Crippen molar-refractivity contribution in [2.45, 2.75) is 18.2 Å². The first-order chi connectivity index (χ1) is 8.13. The molecular weight excluding hydrogens is 297 g/mol. The summed E-state index contributed by atoms with van der Waals surface area (Å²) in [5.41, 5.74) is 0. The van der Waals surface area contributed by atoms with E-state index in [1.165, 1.54) is 0 Å². The number of hydrogen-bond donors (Lipinski definition) is 0. The zero-order valence-corrected chi connectivity index (χ0v) is 10.6. The molecule has 0 amide bonds. The third-order valence-corrected chi connectivity index (χ3v) is 3.05. The largest absolute Gasteiger partial charge is 0.573 e. The van der Waals surface area contributed by atoms with Crippen LogP contribution in [0.15, 0.2) is 23.1 Å². The molecule has 1 aromatic rings. The summed E-state index contributed by atoms with van der Waals surface area (Å²) < 4.78 is 66.9. The van der Waals surface area contributed by atoms with Crippen LogP contribution < -0.4 is 9.47 Å². The average molecular weight is 305 g/mol. The van der Waals surface area contributed by atoms with Gasteiger partial charge in [0.2, 0.25) is 0 Å². The fourth-order valence-electron chi connectivity index (χ4n) is 1.15. The van der Waals surface area contributed by atoms with E-state index in [1.54, 1.807) is 6.92 Å². The lowest BCUT2D eigenvalue weighted by atomic mass is 10.3. The second kappa shape index (κ2) is 5.23. The third kappa shape index (κ3) is 4.26. The summed E-state index contributed by atoms with van der Waals surface area (Å²) in [5.74, 6) is -0.827. The van der Waals surface area contributed by atoms with Crippen molar-refractivity contribution in [1.82, 2.24) is 0 Å². The Hall–Kier alpha value is -1.15. The van der Waals surface area contributed by atoms with Crippen molar-refractivity contribution in [3.05, 3.63) is 18.2 Å². The Labute approximate surface area is 106 Å². The molecule has 0 radical (unpaired) electrons. The van der Waals surface area contributed by atoms with Crippen LogP contribution in [0.1, 0.15) is 6.92 Å². The number of ether oxygens (including phenoxy) is 2. The maximum absolute atomic E-state index is 12.0. The quantitative estimate of drug-likeness (QED) is 0.803. The summed E-state index contributed by atoms with van der Waals surface area (Å²) in [5, 5.41) is 0. The Bertz CT molecular complexity index is 527. The fraction of sp³-hybridized carbons (Fsp3) is 0.333. The number of rotatable bonds is 4. The number of alkyl halides is 3. The molecular formula is C9H8ClF3O4S. The highest BCUT2D eigenvalue weighted by molar-refractivity contribution is 8.13. The topological polar surface area (TPSA) is 52.6 Å². The average Bonchev–Trinajstić information content (AvgIpc) is 2.16. The normalized spacial score (nSPS) is 12.3. The molecule has 0 heterocycles. The smallest absolute Gasteiger partial charge is 0.492 e. The first kappa shape index (κ1) is 14.9. The SMILES string of the molecule is CCOc1ccc(OC(F)(F)F)cc1S(=O)(=O)Cl. The van der Waals surface area contributed by atoms with E-state index < -0.39 is 26.1 Å². The van der Waals surface area contributed by atoms with Gasteiger partial charge in [-0.1, -0.05) is 0 Å². The van der Waals surface area contributed by atoms with Crippen molar-refractivity contribution in [3.63, 3.8) is 0 Å². The number of hydrogen-bond acceptors (Lipinski definition) is 4. The Morgan fingerprint density at radius 2 is 1.94 bits per heavy atom. The lowest BCUT2D eigenvalue weighted by molar-refractivity contribution is -0.274. The van der Waals surface area contributed by atoms with Crippen LogP contribution in [0.2, 0.25) is 0 Å². The summed E-state index contributed by atoms with van der Waals surface area (Å²) in [7, 11) is 0.864. The molecule has 0 aliphatic rings. The van der Waals surface area contributed by atoms with Crippen molar-refractivity contribution in [2.75, 3.05) is 6.61 Å². The second-order valence-corrected chi connectivity index (χ2v) is 5.56. The molecule has 0 N–H and O–H groups in total. The molecule has 0 aromatic heterocycles. The standard InChI is InChI=1S/C9H8ClF3O4S/c1-2-16-7-4-3-6(17-9(11,12)13)5-8(7)18(10,14)15/h3-5H,2H2,1H3. The van der Waals surface area contributed by atoms with E-state index >= 15 is 0 Å². The first-order valence-electron chi connectivity index (χ1n) is 4.60. The molecule has 0 bridgehead atoms. The van der Waals surface area contributed by atoms with E-state index in [2.05, 4.69) is 4.74 Å². The second-order valence-electron chi connectivity index (χ2n) is 3.03. The molecule has 0 saturated carbocycles. The predicted molar refractivity (Wildman–Crippen MR) is 57.3 cm³/mol. The van der Waals surface area contributed by atoms with Gasteiger partial charge in [0, 0.05) is 16.7 Å². The third-order valence-electron chi connectivity index (χ3n) is 1.71. The minimum Gasteiger partial charge on any atom is -0.492 e. The van der Waals surface area contributed by atoms with E-state index in [0.717, 1.165) is 12.1 Å².